The Labute approximate surface area is 169 Å². The van der Waals surface area contributed by atoms with E-state index >= 15 is 0 Å². The molecule has 0 amide bonds. The van der Waals surface area contributed by atoms with Crippen LogP contribution in [0.15, 0.2) is 0 Å². The van der Waals surface area contributed by atoms with Crippen molar-refractivity contribution in [2.75, 3.05) is 32.8 Å². The predicted molar refractivity (Wildman–Crippen MR) is 117 cm³/mol. The molecule has 0 bridgehead atoms. The molecule has 4 heteroatoms. The van der Waals surface area contributed by atoms with Gasteiger partial charge in [-0.05, 0) is 58.3 Å². The first-order chi connectivity index (χ1) is 13.2. The van der Waals surface area contributed by atoms with Gasteiger partial charge < -0.3 is 15.4 Å². The van der Waals surface area contributed by atoms with Crippen LogP contribution in [0.1, 0.15) is 110 Å². The number of unbranched alkanes of at least 4 members (excludes halogenated alkanes) is 10. The minimum atomic E-state index is -0.0110. The van der Waals surface area contributed by atoms with E-state index in [1.54, 1.807) is 0 Å². The minimum absolute atomic E-state index is 0.0110. The average molecular weight is 385 g/mol. The van der Waals surface area contributed by atoms with Crippen molar-refractivity contribution in [3.05, 3.63) is 0 Å². The Bertz CT molecular complexity index is 311. The number of ether oxygens (including phenoxy) is 1. The van der Waals surface area contributed by atoms with Crippen molar-refractivity contribution >= 4 is 5.97 Å². The maximum Gasteiger partial charge on any atom is 0.305 e. The SMILES string of the molecule is CCCCCCCCCCCOC(=O)CCCCCN(CCC)CCCN. The van der Waals surface area contributed by atoms with E-state index in [9.17, 15) is 4.79 Å². The monoisotopic (exact) mass is 384 g/mol. The summed E-state index contributed by atoms with van der Waals surface area (Å²) >= 11 is 0. The fraction of sp³-hybridized carbons (Fsp3) is 0.957. The van der Waals surface area contributed by atoms with E-state index in [0.29, 0.717) is 13.0 Å². The van der Waals surface area contributed by atoms with Crippen molar-refractivity contribution in [3.63, 3.8) is 0 Å². The Hall–Kier alpha value is -0.610. The van der Waals surface area contributed by atoms with Gasteiger partial charge in [0, 0.05) is 6.42 Å². The molecule has 0 aromatic heterocycles. The molecule has 0 spiro atoms. The molecular weight excluding hydrogens is 336 g/mol. The number of esters is 1. The molecule has 0 saturated heterocycles. The lowest BCUT2D eigenvalue weighted by Gasteiger charge is -2.21. The van der Waals surface area contributed by atoms with Crippen LogP contribution in [0.4, 0.5) is 0 Å². The number of carbonyl (C=O) groups is 1. The Kier molecular flexibility index (Phi) is 21.2. The second kappa shape index (κ2) is 21.7. The molecular formula is C23H48N2O2. The summed E-state index contributed by atoms with van der Waals surface area (Å²) in [5.41, 5.74) is 5.60. The minimum Gasteiger partial charge on any atom is -0.466 e. The van der Waals surface area contributed by atoms with Crippen LogP contribution in [0.25, 0.3) is 0 Å². The second-order valence-corrected chi connectivity index (χ2v) is 7.84. The van der Waals surface area contributed by atoms with Gasteiger partial charge in [-0.25, -0.2) is 0 Å². The standard InChI is InChI=1S/C23H48N2O2/c1-3-5-6-7-8-9-10-11-15-22-27-23(26)17-13-12-14-20-25(19-4-2)21-16-18-24/h3-22,24H2,1-2H3. The Balaban J connectivity index is 3.38. The highest BCUT2D eigenvalue weighted by Crippen LogP contribution is 2.10. The summed E-state index contributed by atoms with van der Waals surface area (Å²) < 4.78 is 5.36. The molecule has 0 saturated carbocycles. The van der Waals surface area contributed by atoms with E-state index in [1.807, 2.05) is 0 Å². The molecule has 0 unspecified atom stereocenters. The molecule has 0 aliphatic carbocycles. The summed E-state index contributed by atoms with van der Waals surface area (Å²) in [6.07, 6.45) is 17.7. The zero-order valence-corrected chi connectivity index (χ0v) is 18.5. The second-order valence-electron chi connectivity index (χ2n) is 7.84. The van der Waals surface area contributed by atoms with Gasteiger partial charge in [0.25, 0.3) is 0 Å². The summed E-state index contributed by atoms with van der Waals surface area (Å²) in [7, 11) is 0. The zero-order valence-electron chi connectivity index (χ0n) is 18.5. The third kappa shape index (κ3) is 19.9. The molecule has 0 aliphatic rings. The highest BCUT2D eigenvalue weighted by molar-refractivity contribution is 5.69. The van der Waals surface area contributed by atoms with E-state index in [2.05, 4.69) is 18.7 Å². The Morgan fingerprint density at radius 2 is 1.30 bits per heavy atom. The molecule has 0 fully saturated rings. The van der Waals surface area contributed by atoms with Gasteiger partial charge >= 0.3 is 5.97 Å². The van der Waals surface area contributed by atoms with Gasteiger partial charge in [0.15, 0.2) is 0 Å². The van der Waals surface area contributed by atoms with E-state index < -0.39 is 0 Å². The van der Waals surface area contributed by atoms with Gasteiger partial charge in [0.05, 0.1) is 6.61 Å². The van der Waals surface area contributed by atoms with Crippen LogP contribution in [0.5, 0.6) is 0 Å². The van der Waals surface area contributed by atoms with Crippen LogP contribution < -0.4 is 5.73 Å². The fourth-order valence-electron chi connectivity index (χ4n) is 3.42. The first-order valence-corrected chi connectivity index (χ1v) is 11.8. The van der Waals surface area contributed by atoms with Crippen molar-refractivity contribution in [1.82, 2.24) is 4.90 Å². The number of nitrogens with two attached hydrogens (primary N) is 1. The van der Waals surface area contributed by atoms with Gasteiger partial charge in [-0.3, -0.25) is 4.79 Å². The number of rotatable bonds is 21. The van der Waals surface area contributed by atoms with Crippen LogP contribution in [0.3, 0.4) is 0 Å². The molecule has 0 heterocycles. The van der Waals surface area contributed by atoms with Gasteiger partial charge in [0.2, 0.25) is 0 Å². The third-order valence-corrected chi connectivity index (χ3v) is 5.08. The van der Waals surface area contributed by atoms with Crippen LogP contribution in [-0.4, -0.2) is 43.7 Å². The average Bonchev–Trinajstić information content (AvgIpc) is 2.67. The van der Waals surface area contributed by atoms with Crippen LogP contribution >= 0.6 is 0 Å². The van der Waals surface area contributed by atoms with E-state index in [1.165, 1.54) is 57.8 Å². The maximum atomic E-state index is 11.8. The molecule has 4 nitrogen and oxygen atoms in total. The van der Waals surface area contributed by atoms with Crippen molar-refractivity contribution in [2.24, 2.45) is 5.73 Å². The first-order valence-electron chi connectivity index (χ1n) is 11.8. The van der Waals surface area contributed by atoms with E-state index in [4.69, 9.17) is 10.5 Å². The van der Waals surface area contributed by atoms with Gasteiger partial charge in [0.1, 0.15) is 0 Å². The molecule has 27 heavy (non-hydrogen) atoms. The molecule has 0 atom stereocenters. The molecule has 0 rings (SSSR count). The molecule has 162 valence electrons. The summed E-state index contributed by atoms with van der Waals surface area (Å²) in [5, 5.41) is 0. The first kappa shape index (κ1) is 26.4. The van der Waals surface area contributed by atoms with Gasteiger partial charge in [-0.1, -0.05) is 71.6 Å². The number of carbonyl (C=O) groups excluding carboxylic acids is 1. The Morgan fingerprint density at radius 1 is 0.704 bits per heavy atom. The lowest BCUT2D eigenvalue weighted by atomic mass is 10.1. The fourth-order valence-corrected chi connectivity index (χ4v) is 3.42. The number of hydrogen-bond acceptors (Lipinski definition) is 4. The highest BCUT2D eigenvalue weighted by Gasteiger charge is 2.05. The third-order valence-electron chi connectivity index (χ3n) is 5.08. The molecule has 0 aromatic carbocycles. The smallest absolute Gasteiger partial charge is 0.305 e. The molecule has 2 N–H and O–H groups in total. The normalized spacial score (nSPS) is 11.3. The van der Waals surface area contributed by atoms with Crippen LogP contribution in [0.2, 0.25) is 0 Å². The van der Waals surface area contributed by atoms with Crippen molar-refractivity contribution in [2.45, 2.75) is 110 Å². The number of hydrogen-bond donors (Lipinski definition) is 1. The lowest BCUT2D eigenvalue weighted by Crippen LogP contribution is -2.28. The van der Waals surface area contributed by atoms with Gasteiger partial charge in [-0.15, -0.1) is 0 Å². The van der Waals surface area contributed by atoms with E-state index in [0.717, 1.165) is 58.3 Å². The summed E-state index contributed by atoms with van der Waals surface area (Å²) in [4.78, 5) is 14.3. The van der Waals surface area contributed by atoms with Crippen LogP contribution in [-0.2, 0) is 9.53 Å². The zero-order chi connectivity index (χ0) is 20.0. The van der Waals surface area contributed by atoms with Crippen LogP contribution in [0, 0.1) is 0 Å². The Morgan fingerprint density at radius 3 is 1.93 bits per heavy atom. The maximum absolute atomic E-state index is 11.8. The topological polar surface area (TPSA) is 55.6 Å². The summed E-state index contributed by atoms with van der Waals surface area (Å²) in [6, 6.07) is 0. The highest BCUT2D eigenvalue weighted by atomic mass is 16.5. The van der Waals surface area contributed by atoms with E-state index in [-0.39, 0.29) is 5.97 Å². The van der Waals surface area contributed by atoms with Crippen molar-refractivity contribution in [1.29, 1.82) is 0 Å². The molecule has 0 radical (unpaired) electrons. The summed E-state index contributed by atoms with van der Waals surface area (Å²) in [5.74, 6) is -0.0110. The lowest BCUT2D eigenvalue weighted by molar-refractivity contribution is -0.143. The van der Waals surface area contributed by atoms with Gasteiger partial charge in [-0.2, -0.15) is 0 Å². The quantitative estimate of drug-likeness (QED) is 0.204. The summed E-state index contributed by atoms with van der Waals surface area (Å²) in [6.45, 7) is 9.24. The molecule has 0 aromatic rings. The van der Waals surface area contributed by atoms with Crippen molar-refractivity contribution in [3.8, 4) is 0 Å². The number of nitrogens with zero attached hydrogens (tertiary/aromatic N) is 1. The molecule has 0 aliphatic heterocycles. The largest absolute Gasteiger partial charge is 0.466 e. The van der Waals surface area contributed by atoms with Crippen molar-refractivity contribution < 1.29 is 9.53 Å². The predicted octanol–water partition coefficient (Wildman–Crippen LogP) is 5.68.